The molecule has 0 saturated carbocycles. The number of unbranched alkanes of at least 4 members (excludes halogenated alkanes) is 2. The van der Waals surface area contributed by atoms with Crippen LogP contribution < -0.4 is 16.0 Å². The third-order valence-corrected chi connectivity index (χ3v) is 15.6. The molecule has 82 heavy (non-hydrogen) atoms. The van der Waals surface area contributed by atoms with Gasteiger partial charge in [0.1, 0.15) is 30.4 Å². The summed E-state index contributed by atoms with van der Waals surface area (Å²) < 4.78 is 29.4. The average molecular weight is 1150 g/mol. The van der Waals surface area contributed by atoms with Crippen molar-refractivity contribution in [3.05, 3.63) is 77.9 Å². The van der Waals surface area contributed by atoms with Crippen LogP contribution in [0.25, 0.3) is 0 Å². The Morgan fingerprint density at radius 3 is 2.18 bits per heavy atom. The number of ether oxygens (including phenoxy) is 5. The standard InChI is InChI=1S/C60H88N6O16/c1-11-45(68)40(6)54-46(80-54)35-59(8,77)27-15-16-38(4)53-39(5)18-23-47(60(9,78-10)28-26-44(67)34-51(72)82-53)81-58(76)65-32-30-64(31-33-65)57(75)79-36-42-19-21-43(22-20-42)62-55(73)41(7)61-56(74)52(37(2)3)63-48(69)17-13-12-14-29-66-49(70)24-25-50(66)71/h15-16,18-25,27,37,39-41,44-47,52-54,67-68,77H,11-14,17,26,28-36H2,1-10H3,(H,61,74)(H,62,73)(H,63,69)/b23-18+,27-15+,38-16+/t39-,40?,41?,44+,45?,46+,47-,52?,53+,54+,59?,60+/m0/s1. The number of esters is 1. The molecule has 0 aliphatic carbocycles. The maximum atomic E-state index is 13.8. The Balaban J connectivity index is 1.07. The molecule has 4 heterocycles. The van der Waals surface area contributed by atoms with E-state index in [9.17, 15) is 53.7 Å². The van der Waals surface area contributed by atoms with Gasteiger partial charge in [0.25, 0.3) is 11.8 Å². The van der Waals surface area contributed by atoms with Gasteiger partial charge in [0, 0.05) is 82.4 Å². The maximum Gasteiger partial charge on any atom is 0.410 e. The minimum Gasteiger partial charge on any atom is -0.457 e. The van der Waals surface area contributed by atoms with Gasteiger partial charge in [-0.05, 0) is 95.1 Å². The summed E-state index contributed by atoms with van der Waals surface area (Å²) in [5, 5.41) is 40.5. The number of hydrogen-bond acceptors (Lipinski definition) is 16. The van der Waals surface area contributed by atoms with Gasteiger partial charge in [0.05, 0.1) is 36.4 Å². The summed E-state index contributed by atoms with van der Waals surface area (Å²) in [6.07, 6.45) is 9.10. The van der Waals surface area contributed by atoms with Crippen molar-refractivity contribution in [3.8, 4) is 0 Å². The van der Waals surface area contributed by atoms with Gasteiger partial charge in [0.15, 0.2) is 6.10 Å². The zero-order valence-electron chi connectivity index (χ0n) is 49.3. The fourth-order valence-electron chi connectivity index (χ4n) is 9.97. The molecule has 5 rings (SSSR count). The van der Waals surface area contributed by atoms with Gasteiger partial charge in [-0.3, -0.25) is 33.7 Å². The molecule has 7 amide bonds. The number of carbonyl (C=O) groups is 8. The summed E-state index contributed by atoms with van der Waals surface area (Å²) in [5.41, 5.74) is -0.598. The Morgan fingerprint density at radius 1 is 0.915 bits per heavy atom. The molecule has 4 aliphatic heterocycles. The molecular formula is C60H88N6O16. The number of rotatable bonds is 24. The molecule has 5 unspecified atom stereocenters. The van der Waals surface area contributed by atoms with Crippen molar-refractivity contribution in [2.75, 3.05) is 45.2 Å². The van der Waals surface area contributed by atoms with Crippen LogP contribution in [-0.2, 0) is 59.1 Å². The van der Waals surface area contributed by atoms with Gasteiger partial charge in [-0.15, -0.1) is 0 Å². The zero-order chi connectivity index (χ0) is 60.5. The number of amides is 7. The third-order valence-electron chi connectivity index (χ3n) is 15.6. The average Bonchev–Trinajstić information content (AvgIpc) is 4.34. The molecule has 4 aliphatic rings. The van der Waals surface area contributed by atoms with Crippen LogP contribution in [0.1, 0.15) is 126 Å². The minimum absolute atomic E-state index is 0.0538. The Kier molecular flexibility index (Phi) is 24.9. The first kappa shape index (κ1) is 66.3. The number of epoxide rings is 1. The van der Waals surface area contributed by atoms with Crippen LogP contribution in [0.2, 0.25) is 0 Å². The quantitative estimate of drug-likeness (QED) is 0.0144. The molecule has 0 bridgehead atoms. The van der Waals surface area contributed by atoms with Gasteiger partial charge in [-0.1, -0.05) is 77.5 Å². The first-order chi connectivity index (χ1) is 38.7. The van der Waals surface area contributed by atoms with E-state index < -0.39 is 83.6 Å². The number of nitrogens with one attached hydrogen (secondary N) is 3. The van der Waals surface area contributed by atoms with Gasteiger partial charge in [-0.25, -0.2) is 9.59 Å². The molecule has 22 heteroatoms. The number of methoxy groups -OCH3 is 1. The lowest BCUT2D eigenvalue weighted by Gasteiger charge is -2.38. The van der Waals surface area contributed by atoms with E-state index in [4.69, 9.17) is 23.7 Å². The normalized spacial score (nSPS) is 26.1. The van der Waals surface area contributed by atoms with Gasteiger partial charge in [0.2, 0.25) is 17.7 Å². The number of piperazine rings is 1. The monoisotopic (exact) mass is 1150 g/mol. The number of allylic oxidation sites excluding steroid dienone is 2. The Hall–Kier alpha value is -6.46. The molecule has 0 radical (unpaired) electrons. The Bertz CT molecular complexity index is 2490. The second kappa shape index (κ2) is 30.7. The number of hydrogen-bond donors (Lipinski definition) is 6. The molecule has 0 aromatic heterocycles. The van der Waals surface area contributed by atoms with Crippen LogP contribution in [0.4, 0.5) is 15.3 Å². The highest BCUT2D eigenvalue weighted by Crippen LogP contribution is 2.38. The van der Waals surface area contributed by atoms with Crippen LogP contribution >= 0.6 is 0 Å². The number of benzene rings is 1. The number of aliphatic hydroxyl groups excluding tert-OH is 2. The largest absolute Gasteiger partial charge is 0.457 e. The number of aliphatic hydroxyl groups is 3. The van der Waals surface area contributed by atoms with E-state index in [-0.39, 0.29) is 107 Å². The van der Waals surface area contributed by atoms with Gasteiger partial charge < -0.3 is 64.8 Å². The zero-order valence-corrected chi connectivity index (χ0v) is 49.3. The number of anilines is 1. The van der Waals surface area contributed by atoms with Gasteiger partial charge >= 0.3 is 18.2 Å². The molecule has 0 spiro atoms. The fraction of sp³-hybridized carbons (Fsp3) is 0.633. The topological polar surface area (TPSA) is 293 Å². The summed E-state index contributed by atoms with van der Waals surface area (Å²) in [6.45, 7) is 16.8. The Labute approximate surface area is 482 Å². The molecule has 2 fully saturated rings. The summed E-state index contributed by atoms with van der Waals surface area (Å²) in [4.78, 5) is 107. The summed E-state index contributed by atoms with van der Waals surface area (Å²) >= 11 is 0. The minimum atomic E-state index is -1.22. The SMILES string of the molecule is CCC(O)C(C)[C@H]1O[C@@H]1CC(C)(O)/C=C/C=C(\C)[C@H]1OC(=O)C[C@H](O)CC[C@@](C)(OC)[C@@H](OC(=O)N2CCN(C(=O)OCc3ccc(NC(=O)C(C)NC(=O)C(NC(=O)CCCCCN4C(=O)C=CC4=O)C(C)C)cc3)CC2)/C=C/[C@@H]1C. The third kappa shape index (κ3) is 19.9. The Morgan fingerprint density at radius 2 is 1.56 bits per heavy atom. The second-order valence-corrected chi connectivity index (χ2v) is 22.9. The van der Waals surface area contributed by atoms with Crippen molar-refractivity contribution in [1.29, 1.82) is 0 Å². The van der Waals surface area contributed by atoms with Crippen molar-refractivity contribution >= 4 is 53.4 Å². The van der Waals surface area contributed by atoms with E-state index in [1.54, 1.807) is 89.3 Å². The fourth-order valence-corrected chi connectivity index (χ4v) is 9.97. The van der Waals surface area contributed by atoms with Crippen molar-refractivity contribution in [3.63, 3.8) is 0 Å². The van der Waals surface area contributed by atoms with Crippen LogP contribution in [0.15, 0.2) is 72.4 Å². The molecule has 2 saturated heterocycles. The van der Waals surface area contributed by atoms with E-state index in [1.165, 1.54) is 36.0 Å². The van der Waals surface area contributed by atoms with Crippen molar-refractivity contribution < 1.29 is 77.4 Å². The van der Waals surface area contributed by atoms with Gasteiger partial charge in [-0.2, -0.15) is 0 Å². The number of cyclic esters (lactones) is 1. The maximum absolute atomic E-state index is 13.8. The summed E-state index contributed by atoms with van der Waals surface area (Å²) in [7, 11) is 1.49. The van der Waals surface area contributed by atoms with E-state index in [1.807, 2.05) is 20.8 Å². The van der Waals surface area contributed by atoms with Crippen molar-refractivity contribution in [2.45, 2.75) is 187 Å². The van der Waals surface area contributed by atoms with Crippen molar-refractivity contribution in [2.24, 2.45) is 17.8 Å². The summed E-state index contributed by atoms with van der Waals surface area (Å²) in [6, 6.07) is 4.77. The molecule has 1 aromatic rings. The highest BCUT2D eigenvalue weighted by Gasteiger charge is 2.47. The lowest BCUT2D eigenvalue weighted by molar-refractivity contribution is -0.151. The number of imide groups is 1. The molecule has 12 atom stereocenters. The highest BCUT2D eigenvalue weighted by molar-refractivity contribution is 6.12. The van der Waals surface area contributed by atoms with E-state index in [2.05, 4.69) is 16.0 Å². The first-order valence-electron chi connectivity index (χ1n) is 28.7. The van der Waals surface area contributed by atoms with E-state index in [0.29, 0.717) is 48.9 Å². The predicted molar refractivity (Wildman–Crippen MR) is 303 cm³/mol. The lowest BCUT2D eigenvalue weighted by atomic mass is 9.88. The lowest BCUT2D eigenvalue weighted by Crippen LogP contribution is -2.53. The molecule has 1 aromatic carbocycles. The van der Waals surface area contributed by atoms with Crippen molar-refractivity contribution in [1.82, 2.24) is 25.3 Å². The van der Waals surface area contributed by atoms with E-state index >= 15 is 0 Å². The summed E-state index contributed by atoms with van der Waals surface area (Å²) in [5.74, 6) is -3.41. The second-order valence-electron chi connectivity index (χ2n) is 22.9. The first-order valence-corrected chi connectivity index (χ1v) is 28.7. The highest BCUT2D eigenvalue weighted by atomic mass is 16.6. The van der Waals surface area contributed by atoms with Crippen LogP contribution in [-0.4, -0.2) is 177 Å². The number of carbonyl (C=O) groups excluding carboxylic acids is 8. The molecule has 22 nitrogen and oxygen atoms in total. The number of nitrogens with zero attached hydrogens (tertiary/aromatic N) is 3. The molecular weight excluding hydrogens is 1060 g/mol. The van der Waals surface area contributed by atoms with Crippen LogP contribution in [0, 0.1) is 17.8 Å². The van der Waals surface area contributed by atoms with Crippen LogP contribution in [0.3, 0.4) is 0 Å². The predicted octanol–water partition coefficient (Wildman–Crippen LogP) is 5.39. The molecule has 6 N–H and O–H groups in total. The molecule has 454 valence electrons. The van der Waals surface area contributed by atoms with E-state index in [0.717, 1.165) is 4.90 Å². The smallest absolute Gasteiger partial charge is 0.410 e. The van der Waals surface area contributed by atoms with Crippen LogP contribution in [0.5, 0.6) is 0 Å².